The lowest BCUT2D eigenvalue weighted by Crippen LogP contribution is -2.46. The molecule has 1 aromatic rings. The minimum Gasteiger partial charge on any atom is -0.394 e. The average molecular weight is 368 g/mol. The zero-order valence-electron chi connectivity index (χ0n) is 14.6. The predicted molar refractivity (Wildman–Crippen MR) is 94.3 cm³/mol. The molecule has 0 bridgehead atoms. The molecule has 0 aromatic heterocycles. The van der Waals surface area contributed by atoms with E-state index >= 15 is 0 Å². The number of rotatable bonds is 7. The molecule has 0 amide bonds. The Morgan fingerprint density at radius 2 is 1.69 bits per heavy atom. The summed E-state index contributed by atoms with van der Waals surface area (Å²) in [5.74, 6) is 0.770. The first kappa shape index (κ1) is 22.4. The van der Waals surface area contributed by atoms with Crippen LogP contribution in [-0.4, -0.2) is 68.6 Å². The second-order valence-electron chi connectivity index (χ2n) is 6.46. The van der Waals surface area contributed by atoms with Crippen LogP contribution in [0.4, 0.5) is 0 Å². The van der Waals surface area contributed by atoms with Gasteiger partial charge in [-0.1, -0.05) is 36.8 Å². The van der Waals surface area contributed by atoms with Gasteiger partial charge in [0, 0.05) is 12.3 Å². The highest BCUT2D eigenvalue weighted by molar-refractivity contribution is 5.81. The number of ketones is 1. The van der Waals surface area contributed by atoms with E-state index in [9.17, 15) is 9.59 Å². The van der Waals surface area contributed by atoms with E-state index in [2.05, 4.69) is 12.1 Å². The maximum Gasteiger partial charge on any atom is 0.151 e. The number of Topliss-reactive ketones (excluding diaryl/α,β-unsaturated/α-hetero) is 1. The highest BCUT2D eigenvalue weighted by atomic mass is 16.4. The summed E-state index contributed by atoms with van der Waals surface area (Å²) in [5.41, 5.74) is 1.30. The molecule has 5 N–H and O–H groups in total. The summed E-state index contributed by atoms with van der Waals surface area (Å²) in [4.78, 5) is 21.5. The maximum absolute atomic E-state index is 11.6. The van der Waals surface area contributed by atoms with Crippen molar-refractivity contribution >= 4 is 12.1 Å². The molecule has 1 aliphatic rings. The number of benzene rings is 1. The molecule has 1 aromatic carbocycles. The van der Waals surface area contributed by atoms with Crippen LogP contribution in [0.25, 0.3) is 0 Å². The Labute approximate surface area is 152 Å². The van der Waals surface area contributed by atoms with Crippen LogP contribution in [0.3, 0.4) is 0 Å². The summed E-state index contributed by atoms with van der Waals surface area (Å²) in [6.07, 6.45) is -1.67. The predicted octanol–water partition coefficient (Wildman–Crippen LogP) is -0.390. The van der Waals surface area contributed by atoms with Crippen LogP contribution in [0.15, 0.2) is 30.3 Å². The number of hydrogen-bond acceptors (Lipinski definition) is 7. The molecule has 2 rings (SSSR count). The van der Waals surface area contributed by atoms with Crippen molar-refractivity contribution in [1.29, 1.82) is 0 Å². The minimum atomic E-state index is -1.79. The smallest absolute Gasteiger partial charge is 0.151 e. The Balaban J connectivity index is 0.000000265. The van der Waals surface area contributed by atoms with Crippen molar-refractivity contribution in [3.63, 3.8) is 0 Å². The fourth-order valence-corrected chi connectivity index (χ4v) is 2.79. The molecule has 146 valence electrons. The molecule has 5 atom stereocenters. The SMILES string of the molecule is O=C1CCCCC1Cc1ccccc1.O=C[C@H](O)[C@@H](O)[C@H](O)[C@H](O)CO. The van der Waals surface area contributed by atoms with Gasteiger partial charge in [0.2, 0.25) is 0 Å². The molecule has 1 unspecified atom stereocenters. The van der Waals surface area contributed by atoms with Gasteiger partial charge in [-0.25, -0.2) is 0 Å². The second kappa shape index (κ2) is 11.9. The summed E-state index contributed by atoms with van der Waals surface area (Å²) < 4.78 is 0. The Morgan fingerprint density at radius 1 is 1.04 bits per heavy atom. The van der Waals surface area contributed by atoms with Gasteiger partial charge in [-0.15, -0.1) is 0 Å². The van der Waals surface area contributed by atoms with E-state index in [0.717, 1.165) is 25.7 Å². The van der Waals surface area contributed by atoms with Gasteiger partial charge >= 0.3 is 0 Å². The van der Waals surface area contributed by atoms with Crippen molar-refractivity contribution in [2.75, 3.05) is 6.61 Å². The van der Waals surface area contributed by atoms with Crippen molar-refractivity contribution < 1.29 is 35.1 Å². The van der Waals surface area contributed by atoms with E-state index in [1.54, 1.807) is 0 Å². The molecule has 0 spiro atoms. The van der Waals surface area contributed by atoms with E-state index in [4.69, 9.17) is 25.5 Å². The number of aliphatic hydroxyl groups excluding tert-OH is 5. The van der Waals surface area contributed by atoms with Gasteiger partial charge in [0.25, 0.3) is 0 Å². The van der Waals surface area contributed by atoms with Gasteiger partial charge in [-0.2, -0.15) is 0 Å². The normalized spacial score (nSPS) is 21.7. The summed E-state index contributed by atoms with van der Waals surface area (Å²) >= 11 is 0. The molecule has 1 saturated carbocycles. The van der Waals surface area contributed by atoms with Crippen molar-refractivity contribution in [3.05, 3.63) is 35.9 Å². The zero-order valence-corrected chi connectivity index (χ0v) is 14.6. The summed E-state index contributed by atoms with van der Waals surface area (Å²) in [7, 11) is 0. The quantitative estimate of drug-likeness (QED) is 0.414. The third-order valence-corrected chi connectivity index (χ3v) is 4.43. The molecule has 0 heterocycles. The fourth-order valence-electron chi connectivity index (χ4n) is 2.79. The van der Waals surface area contributed by atoms with Crippen LogP contribution >= 0.6 is 0 Å². The Kier molecular flexibility index (Phi) is 10.2. The monoisotopic (exact) mass is 368 g/mol. The molecule has 7 nitrogen and oxygen atoms in total. The van der Waals surface area contributed by atoms with Crippen LogP contribution in [0.5, 0.6) is 0 Å². The molecule has 1 aliphatic carbocycles. The number of aldehydes is 1. The standard InChI is InChI=1S/C13H16O.C6H12O6/c14-13-9-5-4-8-12(13)10-11-6-2-1-3-7-11;7-1-3(9)5(11)6(12)4(10)2-8/h1-3,6-7,12H,4-5,8-10H2;1,3-6,8-12H,2H2/t;3-,4+,5+,6+/m.0/s1. The van der Waals surface area contributed by atoms with E-state index in [1.165, 1.54) is 12.0 Å². The van der Waals surface area contributed by atoms with E-state index < -0.39 is 31.0 Å². The highest BCUT2D eigenvalue weighted by Crippen LogP contribution is 2.23. The van der Waals surface area contributed by atoms with Crippen LogP contribution in [-0.2, 0) is 16.0 Å². The molecular weight excluding hydrogens is 340 g/mol. The average Bonchev–Trinajstić information content (AvgIpc) is 2.68. The van der Waals surface area contributed by atoms with Crippen LogP contribution in [0, 0.1) is 5.92 Å². The topological polar surface area (TPSA) is 135 Å². The van der Waals surface area contributed by atoms with Crippen LogP contribution in [0.1, 0.15) is 31.2 Å². The summed E-state index contributed by atoms with van der Waals surface area (Å²) in [6.45, 7) is -0.760. The van der Waals surface area contributed by atoms with E-state index in [1.807, 2.05) is 18.2 Å². The van der Waals surface area contributed by atoms with Gasteiger partial charge < -0.3 is 30.3 Å². The second-order valence-corrected chi connectivity index (χ2v) is 6.46. The van der Waals surface area contributed by atoms with Crippen molar-refractivity contribution in [1.82, 2.24) is 0 Å². The van der Waals surface area contributed by atoms with Gasteiger partial charge in [-0.05, 0) is 24.8 Å². The first-order chi connectivity index (χ1) is 12.4. The zero-order chi connectivity index (χ0) is 19.5. The van der Waals surface area contributed by atoms with Gasteiger partial charge in [0.15, 0.2) is 6.29 Å². The molecule has 0 saturated heterocycles. The lowest BCUT2D eigenvalue weighted by atomic mass is 9.84. The Hall–Kier alpha value is -1.64. The van der Waals surface area contributed by atoms with Crippen LogP contribution < -0.4 is 0 Å². The summed E-state index contributed by atoms with van der Waals surface area (Å²) in [5, 5.41) is 43.5. The van der Waals surface area contributed by atoms with Crippen molar-refractivity contribution in [2.24, 2.45) is 5.92 Å². The number of hydrogen-bond donors (Lipinski definition) is 5. The molecule has 26 heavy (non-hydrogen) atoms. The van der Waals surface area contributed by atoms with Crippen molar-refractivity contribution in [3.8, 4) is 0 Å². The summed E-state index contributed by atoms with van der Waals surface area (Å²) in [6, 6.07) is 10.3. The Morgan fingerprint density at radius 3 is 2.23 bits per heavy atom. The van der Waals surface area contributed by atoms with Crippen LogP contribution in [0.2, 0.25) is 0 Å². The maximum atomic E-state index is 11.6. The molecular formula is C19H28O7. The van der Waals surface area contributed by atoms with Crippen molar-refractivity contribution in [2.45, 2.75) is 56.5 Å². The molecule has 1 fully saturated rings. The number of carbonyl (C=O) groups is 2. The van der Waals surface area contributed by atoms with E-state index in [0.29, 0.717) is 11.7 Å². The minimum absolute atomic E-state index is 0.0258. The molecule has 7 heteroatoms. The first-order valence-electron chi connectivity index (χ1n) is 8.75. The number of carbonyl (C=O) groups excluding carboxylic acids is 2. The lowest BCUT2D eigenvalue weighted by molar-refractivity contribution is -0.136. The first-order valence-corrected chi connectivity index (χ1v) is 8.75. The highest BCUT2D eigenvalue weighted by Gasteiger charge is 2.29. The van der Waals surface area contributed by atoms with Gasteiger partial charge in [-0.3, -0.25) is 4.79 Å². The van der Waals surface area contributed by atoms with E-state index in [-0.39, 0.29) is 6.29 Å². The lowest BCUT2D eigenvalue weighted by Gasteiger charge is -2.22. The largest absolute Gasteiger partial charge is 0.394 e. The third-order valence-electron chi connectivity index (χ3n) is 4.43. The number of aliphatic hydroxyl groups is 5. The Bertz CT molecular complexity index is 534. The van der Waals surface area contributed by atoms with Gasteiger partial charge in [0.05, 0.1) is 6.61 Å². The fraction of sp³-hybridized carbons (Fsp3) is 0.579. The third kappa shape index (κ3) is 7.31. The van der Waals surface area contributed by atoms with Gasteiger partial charge in [0.1, 0.15) is 30.2 Å². The molecule has 0 radical (unpaired) electrons. The molecule has 0 aliphatic heterocycles.